The van der Waals surface area contributed by atoms with Crippen LogP contribution in [0.5, 0.6) is 11.5 Å². The Balaban J connectivity index is 1.47. The van der Waals surface area contributed by atoms with Gasteiger partial charge >= 0.3 is 0 Å². The van der Waals surface area contributed by atoms with Crippen LogP contribution in [0, 0.1) is 17.5 Å². The van der Waals surface area contributed by atoms with E-state index in [2.05, 4.69) is 5.32 Å². The first-order valence-electron chi connectivity index (χ1n) is 12.3. The third-order valence-electron chi connectivity index (χ3n) is 6.82. The fourth-order valence-corrected chi connectivity index (χ4v) is 4.86. The lowest BCUT2D eigenvalue weighted by Gasteiger charge is -2.23. The summed E-state index contributed by atoms with van der Waals surface area (Å²) in [6, 6.07) is 16.6. The Hall–Kier alpha value is -3.84. The van der Waals surface area contributed by atoms with Gasteiger partial charge in [-0.25, -0.2) is 13.2 Å². The first kappa shape index (κ1) is 24.8. The minimum atomic E-state index is -1.60. The van der Waals surface area contributed by atoms with E-state index in [4.69, 9.17) is 4.74 Å². The van der Waals surface area contributed by atoms with E-state index in [9.17, 15) is 23.1 Å². The number of hydrogen-bond acceptors (Lipinski definition) is 4. The van der Waals surface area contributed by atoms with Gasteiger partial charge in [-0.05, 0) is 96.7 Å². The zero-order chi connectivity index (χ0) is 25.9. The summed E-state index contributed by atoms with van der Waals surface area (Å²) < 4.78 is 48.3. The maximum absolute atomic E-state index is 14.8. The zero-order valence-corrected chi connectivity index (χ0v) is 20.1. The van der Waals surface area contributed by atoms with Crippen molar-refractivity contribution in [3.8, 4) is 22.6 Å². The molecule has 1 unspecified atom stereocenters. The van der Waals surface area contributed by atoms with Crippen LogP contribution >= 0.6 is 0 Å². The number of halogens is 3. The predicted octanol–water partition coefficient (Wildman–Crippen LogP) is 6.77. The van der Waals surface area contributed by atoms with Crippen LogP contribution in [-0.2, 0) is 0 Å². The van der Waals surface area contributed by atoms with Gasteiger partial charge in [0.05, 0.1) is 6.61 Å². The van der Waals surface area contributed by atoms with Crippen LogP contribution in [0.3, 0.4) is 0 Å². The molecule has 0 saturated carbocycles. The van der Waals surface area contributed by atoms with Crippen LogP contribution < -0.4 is 10.1 Å². The van der Waals surface area contributed by atoms with Crippen molar-refractivity contribution in [1.29, 1.82) is 0 Å². The Morgan fingerprint density at radius 2 is 1.70 bits per heavy atom. The highest BCUT2D eigenvalue weighted by Gasteiger charge is 2.23. The Labute approximate surface area is 212 Å². The monoisotopic (exact) mass is 505 g/mol. The van der Waals surface area contributed by atoms with Gasteiger partial charge in [-0.3, -0.25) is 4.79 Å². The first-order chi connectivity index (χ1) is 17.9. The third-order valence-corrected chi connectivity index (χ3v) is 6.82. The molecule has 5 rings (SSSR count). The Morgan fingerprint density at radius 3 is 2.46 bits per heavy atom. The molecular formula is C30H26F3NO3. The molecule has 190 valence electrons. The molecule has 1 atom stereocenters. The number of piperidine rings is 1. The second-order valence-corrected chi connectivity index (χ2v) is 9.25. The smallest absolute Gasteiger partial charge is 0.195 e. The topological polar surface area (TPSA) is 58.6 Å². The van der Waals surface area contributed by atoms with Gasteiger partial charge in [-0.2, -0.15) is 0 Å². The van der Waals surface area contributed by atoms with Crippen LogP contribution in [0.25, 0.3) is 21.9 Å². The number of benzene rings is 4. The molecule has 0 radical (unpaired) electrons. The molecule has 1 aliphatic heterocycles. The number of fused-ring (bicyclic) bond motifs is 1. The van der Waals surface area contributed by atoms with Crippen molar-refractivity contribution in [3.05, 3.63) is 95.3 Å². The normalized spacial score (nSPS) is 15.6. The summed E-state index contributed by atoms with van der Waals surface area (Å²) in [5.41, 5.74) is 0.346. The van der Waals surface area contributed by atoms with Gasteiger partial charge in [0, 0.05) is 22.7 Å². The third kappa shape index (κ3) is 5.18. The van der Waals surface area contributed by atoms with E-state index >= 15 is 0 Å². The maximum Gasteiger partial charge on any atom is 0.195 e. The Morgan fingerprint density at radius 1 is 0.919 bits per heavy atom. The number of nitrogens with one attached hydrogen (secondary N) is 1. The number of ether oxygens (including phenoxy) is 1. The second-order valence-electron chi connectivity index (χ2n) is 9.25. The molecule has 0 aliphatic carbocycles. The van der Waals surface area contributed by atoms with Crippen molar-refractivity contribution in [2.45, 2.75) is 31.7 Å². The average Bonchev–Trinajstić information content (AvgIpc) is 2.92. The van der Waals surface area contributed by atoms with Gasteiger partial charge < -0.3 is 15.2 Å². The number of ketones is 1. The molecule has 1 heterocycles. The largest absolute Gasteiger partial charge is 0.508 e. The molecule has 1 saturated heterocycles. The molecule has 0 bridgehead atoms. The van der Waals surface area contributed by atoms with E-state index in [-0.39, 0.29) is 22.4 Å². The molecular weight excluding hydrogens is 479 g/mol. The van der Waals surface area contributed by atoms with Crippen LogP contribution in [0.4, 0.5) is 13.2 Å². The van der Waals surface area contributed by atoms with Crippen LogP contribution in [0.15, 0.2) is 66.7 Å². The number of rotatable bonds is 7. The fraction of sp³-hybridized carbons (Fsp3) is 0.233. The minimum Gasteiger partial charge on any atom is -0.508 e. The van der Waals surface area contributed by atoms with Gasteiger partial charge in [0.15, 0.2) is 23.2 Å². The molecule has 4 aromatic carbocycles. The van der Waals surface area contributed by atoms with Crippen LogP contribution in [-0.4, -0.2) is 30.1 Å². The quantitative estimate of drug-likeness (QED) is 0.215. The van der Waals surface area contributed by atoms with E-state index in [1.54, 1.807) is 36.4 Å². The molecule has 37 heavy (non-hydrogen) atoms. The highest BCUT2D eigenvalue weighted by atomic mass is 19.2. The Bertz CT molecular complexity index is 1450. The number of carbonyl (C=O) groups excluding carboxylic acids is 1. The highest BCUT2D eigenvalue weighted by Crippen LogP contribution is 2.36. The van der Waals surface area contributed by atoms with Gasteiger partial charge in [0.1, 0.15) is 11.5 Å². The van der Waals surface area contributed by atoms with Gasteiger partial charge in [-0.15, -0.1) is 0 Å². The van der Waals surface area contributed by atoms with Crippen LogP contribution in [0.1, 0.15) is 41.6 Å². The predicted molar refractivity (Wildman–Crippen MR) is 137 cm³/mol. The van der Waals surface area contributed by atoms with Crippen molar-refractivity contribution in [2.24, 2.45) is 0 Å². The maximum atomic E-state index is 14.8. The lowest BCUT2D eigenvalue weighted by molar-refractivity contribution is 0.104. The lowest BCUT2D eigenvalue weighted by atomic mass is 9.89. The molecule has 0 amide bonds. The number of aromatic hydroxyl groups is 1. The SMILES string of the molecule is O=C(c1ccc(OCCC2CCCCN2)cc1)c1c(-c2ccc(F)c(F)c2F)ccc2cc(O)ccc12. The zero-order valence-electron chi connectivity index (χ0n) is 20.1. The number of phenols is 1. The summed E-state index contributed by atoms with van der Waals surface area (Å²) in [4.78, 5) is 13.7. The van der Waals surface area contributed by atoms with E-state index in [0.717, 1.165) is 31.5 Å². The lowest BCUT2D eigenvalue weighted by Crippen LogP contribution is -2.35. The van der Waals surface area contributed by atoms with Crippen molar-refractivity contribution in [2.75, 3.05) is 13.2 Å². The second kappa shape index (κ2) is 10.6. The van der Waals surface area contributed by atoms with Gasteiger partial charge in [0.2, 0.25) is 0 Å². The summed E-state index contributed by atoms with van der Waals surface area (Å²) in [5, 5.41) is 14.4. The van der Waals surface area contributed by atoms with Crippen molar-refractivity contribution < 1.29 is 27.8 Å². The Kier molecular flexibility index (Phi) is 7.15. The van der Waals surface area contributed by atoms with E-state index < -0.39 is 23.2 Å². The summed E-state index contributed by atoms with van der Waals surface area (Å²) in [7, 11) is 0. The highest BCUT2D eigenvalue weighted by molar-refractivity contribution is 6.20. The van der Waals surface area contributed by atoms with Crippen molar-refractivity contribution in [3.63, 3.8) is 0 Å². The molecule has 1 aliphatic rings. The first-order valence-corrected chi connectivity index (χ1v) is 12.3. The van der Waals surface area contributed by atoms with E-state index in [1.807, 2.05) is 0 Å². The number of carbonyl (C=O) groups is 1. The van der Waals surface area contributed by atoms with Crippen molar-refractivity contribution >= 4 is 16.6 Å². The summed E-state index contributed by atoms with van der Waals surface area (Å²) in [6.07, 6.45) is 4.46. The molecule has 1 fully saturated rings. The van der Waals surface area contributed by atoms with Crippen LogP contribution in [0.2, 0.25) is 0 Å². The summed E-state index contributed by atoms with van der Waals surface area (Å²) in [5.74, 6) is -4.08. The molecule has 4 aromatic rings. The minimum absolute atomic E-state index is 0.00239. The molecule has 7 heteroatoms. The number of hydrogen-bond donors (Lipinski definition) is 2. The molecule has 0 spiro atoms. The fourth-order valence-electron chi connectivity index (χ4n) is 4.86. The molecule has 0 aromatic heterocycles. The van der Waals surface area contributed by atoms with E-state index in [1.165, 1.54) is 31.0 Å². The summed E-state index contributed by atoms with van der Waals surface area (Å²) in [6.45, 7) is 1.59. The number of phenolic OH excluding ortho intramolecular Hbond substituents is 1. The standard InChI is InChI=1S/C30H26F3NO3/c31-26-13-12-25(28(32)29(26)33)24-10-6-19-17-21(35)7-11-23(19)27(24)30(36)18-4-8-22(9-5-18)37-16-14-20-3-1-2-15-34-20/h4-13,17,20,34-35H,1-3,14-16H2. The van der Waals surface area contributed by atoms with Gasteiger partial charge in [0.25, 0.3) is 0 Å². The van der Waals surface area contributed by atoms with Crippen molar-refractivity contribution in [1.82, 2.24) is 5.32 Å². The van der Waals surface area contributed by atoms with Gasteiger partial charge in [-0.1, -0.05) is 18.6 Å². The molecule has 2 N–H and O–H groups in total. The van der Waals surface area contributed by atoms with E-state index in [0.29, 0.717) is 34.7 Å². The molecule has 4 nitrogen and oxygen atoms in total. The average molecular weight is 506 g/mol. The summed E-state index contributed by atoms with van der Waals surface area (Å²) >= 11 is 0.